The highest BCUT2D eigenvalue weighted by Gasteiger charge is 2.20. The maximum absolute atomic E-state index is 12.7. The van der Waals surface area contributed by atoms with Gasteiger partial charge in [0.25, 0.3) is 0 Å². The van der Waals surface area contributed by atoms with Crippen molar-refractivity contribution in [1.29, 1.82) is 0 Å². The molecule has 0 amide bonds. The third-order valence-corrected chi connectivity index (χ3v) is 3.56. The summed E-state index contributed by atoms with van der Waals surface area (Å²) in [6.45, 7) is 5.28. The summed E-state index contributed by atoms with van der Waals surface area (Å²) in [6, 6.07) is 6.21. The summed E-state index contributed by atoms with van der Waals surface area (Å²) >= 11 is 0. The molecule has 4 heteroatoms. The van der Waals surface area contributed by atoms with E-state index < -0.39 is 0 Å². The number of hydrogen-bond donors (Lipinski definition) is 1. The first-order valence-corrected chi connectivity index (χ1v) is 7.03. The fraction of sp³-hybridized carbons (Fsp3) is 0.600. The van der Waals surface area contributed by atoms with Gasteiger partial charge in [-0.15, -0.1) is 0 Å². The number of benzene rings is 1. The second-order valence-corrected chi connectivity index (χ2v) is 5.17. The summed E-state index contributed by atoms with van der Waals surface area (Å²) in [4.78, 5) is 2.50. The van der Waals surface area contributed by atoms with Crippen molar-refractivity contribution in [3.63, 3.8) is 0 Å². The van der Waals surface area contributed by atoms with E-state index in [0.29, 0.717) is 6.61 Å². The first kappa shape index (κ1) is 14.3. The molecule has 3 nitrogen and oxygen atoms in total. The molecule has 1 aromatic rings. The van der Waals surface area contributed by atoms with E-state index in [1.165, 1.54) is 31.6 Å². The molecule has 0 spiro atoms. The quantitative estimate of drug-likeness (QED) is 0.765. The Balaban J connectivity index is 1.58. The Hall–Kier alpha value is -1.13. The lowest BCUT2D eigenvalue weighted by atomic mass is 10.1. The zero-order valence-corrected chi connectivity index (χ0v) is 11.6. The first-order chi connectivity index (χ1) is 9.28. The lowest BCUT2D eigenvalue weighted by Crippen LogP contribution is -2.26. The molecule has 1 aromatic carbocycles. The summed E-state index contributed by atoms with van der Waals surface area (Å²) in [5.74, 6) is 1.32. The first-order valence-electron chi connectivity index (χ1n) is 7.03. The molecule has 1 N–H and O–H groups in total. The third-order valence-electron chi connectivity index (χ3n) is 3.56. The second kappa shape index (κ2) is 7.46. The van der Waals surface area contributed by atoms with Crippen LogP contribution < -0.4 is 10.1 Å². The minimum absolute atomic E-state index is 0.222. The van der Waals surface area contributed by atoms with Crippen molar-refractivity contribution in [2.45, 2.75) is 12.8 Å². The molecule has 0 radical (unpaired) electrons. The van der Waals surface area contributed by atoms with Crippen molar-refractivity contribution in [1.82, 2.24) is 10.2 Å². The normalized spacial score (nSPS) is 19.8. The molecule has 2 rings (SSSR count). The second-order valence-electron chi connectivity index (χ2n) is 5.17. The molecule has 1 saturated heterocycles. The van der Waals surface area contributed by atoms with Gasteiger partial charge in [-0.3, -0.25) is 0 Å². The summed E-state index contributed by atoms with van der Waals surface area (Å²) < 4.78 is 18.3. The predicted octanol–water partition coefficient (Wildman–Crippen LogP) is 2.14. The minimum atomic E-state index is -0.222. The Bertz CT molecular complexity index is 369. The topological polar surface area (TPSA) is 24.5 Å². The molecule has 1 aliphatic rings. The number of rotatable bonds is 7. The zero-order valence-electron chi connectivity index (χ0n) is 11.6. The van der Waals surface area contributed by atoms with Gasteiger partial charge in [-0.25, -0.2) is 4.39 Å². The van der Waals surface area contributed by atoms with Crippen LogP contribution in [0.15, 0.2) is 24.3 Å². The van der Waals surface area contributed by atoms with Crippen LogP contribution in [0, 0.1) is 11.7 Å². The highest BCUT2D eigenvalue weighted by molar-refractivity contribution is 5.21. The summed E-state index contributed by atoms with van der Waals surface area (Å²) in [7, 11) is 2.01. The van der Waals surface area contributed by atoms with Gasteiger partial charge in [-0.05, 0) is 63.2 Å². The molecule has 1 unspecified atom stereocenters. The number of nitrogens with one attached hydrogen (secondary N) is 1. The van der Waals surface area contributed by atoms with Crippen LogP contribution in [0.4, 0.5) is 4.39 Å². The molecule has 1 aliphatic heterocycles. The van der Waals surface area contributed by atoms with Gasteiger partial charge in [-0.2, -0.15) is 0 Å². The van der Waals surface area contributed by atoms with Gasteiger partial charge in [0.05, 0.1) is 6.61 Å². The van der Waals surface area contributed by atoms with E-state index in [9.17, 15) is 4.39 Å². The molecular weight excluding hydrogens is 243 g/mol. The van der Waals surface area contributed by atoms with Gasteiger partial charge >= 0.3 is 0 Å². The summed E-state index contributed by atoms with van der Waals surface area (Å²) in [5, 5.41) is 3.24. The molecule has 106 valence electrons. The monoisotopic (exact) mass is 266 g/mol. The third kappa shape index (κ3) is 4.80. The van der Waals surface area contributed by atoms with E-state index in [4.69, 9.17) is 4.74 Å². The Morgan fingerprint density at radius 3 is 2.89 bits per heavy atom. The van der Waals surface area contributed by atoms with Crippen molar-refractivity contribution in [3.8, 4) is 5.75 Å². The molecule has 0 aromatic heterocycles. The SMILES string of the molecule is CNCC1CCN(CCCOc2ccc(F)cc2)C1. The Labute approximate surface area is 114 Å². The average Bonchev–Trinajstić information content (AvgIpc) is 2.85. The molecule has 0 aliphatic carbocycles. The highest BCUT2D eigenvalue weighted by atomic mass is 19.1. The largest absolute Gasteiger partial charge is 0.494 e. The van der Waals surface area contributed by atoms with E-state index in [2.05, 4.69) is 10.2 Å². The van der Waals surface area contributed by atoms with E-state index in [0.717, 1.165) is 31.2 Å². The summed E-state index contributed by atoms with van der Waals surface area (Å²) in [6.07, 6.45) is 2.31. The fourth-order valence-electron chi connectivity index (χ4n) is 2.58. The molecule has 1 atom stereocenters. The number of nitrogens with zero attached hydrogens (tertiary/aromatic N) is 1. The number of halogens is 1. The van der Waals surface area contributed by atoms with Crippen molar-refractivity contribution in [2.75, 3.05) is 39.8 Å². The van der Waals surface area contributed by atoms with Crippen LogP contribution in [0.1, 0.15) is 12.8 Å². The molecule has 0 saturated carbocycles. The van der Waals surface area contributed by atoms with E-state index in [-0.39, 0.29) is 5.82 Å². The van der Waals surface area contributed by atoms with Gasteiger partial charge < -0.3 is 15.0 Å². The van der Waals surface area contributed by atoms with Crippen LogP contribution >= 0.6 is 0 Å². The number of ether oxygens (including phenoxy) is 1. The van der Waals surface area contributed by atoms with Gasteiger partial charge in [0, 0.05) is 13.1 Å². The van der Waals surface area contributed by atoms with Gasteiger partial charge in [0.15, 0.2) is 0 Å². The number of likely N-dealkylation sites (tertiary alicyclic amines) is 1. The smallest absolute Gasteiger partial charge is 0.123 e. The number of hydrogen-bond acceptors (Lipinski definition) is 3. The maximum atomic E-state index is 12.7. The van der Waals surface area contributed by atoms with Crippen LogP contribution in [-0.4, -0.2) is 44.7 Å². The van der Waals surface area contributed by atoms with Crippen molar-refractivity contribution in [3.05, 3.63) is 30.1 Å². The Morgan fingerprint density at radius 1 is 1.37 bits per heavy atom. The van der Waals surface area contributed by atoms with E-state index in [1.54, 1.807) is 12.1 Å². The molecule has 1 heterocycles. The van der Waals surface area contributed by atoms with Gasteiger partial charge in [0.2, 0.25) is 0 Å². The molecule has 1 fully saturated rings. The minimum Gasteiger partial charge on any atom is -0.494 e. The van der Waals surface area contributed by atoms with Crippen LogP contribution in [-0.2, 0) is 0 Å². The van der Waals surface area contributed by atoms with Gasteiger partial charge in [-0.1, -0.05) is 0 Å². The van der Waals surface area contributed by atoms with E-state index in [1.807, 2.05) is 7.05 Å². The van der Waals surface area contributed by atoms with Crippen molar-refractivity contribution >= 4 is 0 Å². The Kier molecular flexibility index (Phi) is 5.61. The summed E-state index contributed by atoms with van der Waals surface area (Å²) in [5.41, 5.74) is 0. The van der Waals surface area contributed by atoms with Crippen LogP contribution in [0.3, 0.4) is 0 Å². The lowest BCUT2D eigenvalue weighted by molar-refractivity contribution is 0.258. The highest BCUT2D eigenvalue weighted by Crippen LogP contribution is 2.16. The lowest BCUT2D eigenvalue weighted by Gasteiger charge is -2.16. The molecule has 19 heavy (non-hydrogen) atoms. The average molecular weight is 266 g/mol. The van der Waals surface area contributed by atoms with Crippen molar-refractivity contribution < 1.29 is 9.13 Å². The van der Waals surface area contributed by atoms with E-state index >= 15 is 0 Å². The van der Waals surface area contributed by atoms with Crippen LogP contribution in [0.5, 0.6) is 5.75 Å². The maximum Gasteiger partial charge on any atom is 0.123 e. The van der Waals surface area contributed by atoms with Crippen molar-refractivity contribution in [2.24, 2.45) is 5.92 Å². The zero-order chi connectivity index (χ0) is 13.5. The van der Waals surface area contributed by atoms with Gasteiger partial charge in [0.1, 0.15) is 11.6 Å². The molecular formula is C15H23FN2O. The Morgan fingerprint density at radius 2 is 2.16 bits per heavy atom. The van der Waals surface area contributed by atoms with Crippen LogP contribution in [0.2, 0.25) is 0 Å². The predicted molar refractivity (Wildman–Crippen MR) is 75.0 cm³/mol. The van der Waals surface area contributed by atoms with Crippen LogP contribution in [0.25, 0.3) is 0 Å². The fourth-order valence-corrected chi connectivity index (χ4v) is 2.58. The standard InChI is InChI=1S/C15H23FN2O/c1-17-11-13-7-9-18(12-13)8-2-10-19-15-5-3-14(16)4-6-15/h3-6,13,17H,2,7-12H2,1H3. The molecule has 0 bridgehead atoms.